The van der Waals surface area contributed by atoms with E-state index in [1.165, 1.54) is 6.20 Å². The highest BCUT2D eigenvalue weighted by Gasteiger charge is 2.31. The summed E-state index contributed by atoms with van der Waals surface area (Å²) in [5.74, 6) is 0.308. The minimum absolute atomic E-state index is 0.118. The number of hydrogen-bond acceptors (Lipinski definition) is 4. The Balaban J connectivity index is 2.12. The summed E-state index contributed by atoms with van der Waals surface area (Å²) in [6, 6.07) is 2.44. The summed E-state index contributed by atoms with van der Waals surface area (Å²) in [6.45, 7) is 0. The number of fused-ring (bicyclic) bond motifs is 1. The minimum Gasteiger partial charge on any atom is -0.384 e. The van der Waals surface area contributed by atoms with Crippen molar-refractivity contribution >= 4 is 28.5 Å². The van der Waals surface area contributed by atoms with Gasteiger partial charge in [0.15, 0.2) is 5.65 Å². The molecule has 0 fully saturated rings. The molecule has 0 amide bonds. The van der Waals surface area contributed by atoms with Crippen LogP contribution in [0.15, 0.2) is 24.5 Å². The second-order valence-corrected chi connectivity index (χ2v) is 4.69. The summed E-state index contributed by atoms with van der Waals surface area (Å²) in [5.41, 5.74) is 5.82. The first-order valence-corrected chi connectivity index (χ1v) is 6.07. The number of anilines is 1. The molecule has 0 spiro atoms. The van der Waals surface area contributed by atoms with E-state index in [9.17, 15) is 13.2 Å². The van der Waals surface area contributed by atoms with Crippen LogP contribution < -0.4 is 5.73 Å². The summed E-state index contributed by atoms with van der Waals surface area (Å²) in [7, 11) is 0. The average Bonchev–Trinajstić information content (AvgIpc) is 2.79. The summed E-state index contributed by atoms with van der Waals surface area (Å²) in [5, 5.41) is 6.85. The first-order valence-electron chi connectivity index (χ1n) is 5.69. The van der Waals surface area contributed by atoms with Gasteiger partial charge in [0.25, 0.3) is 0 Å². The highest BCUT2D eigenvalue weighted by Crippen LogP contribution is 2.34. The van der Waals surface area contributed by atoms with Crippen molar-refractivity contribution in [2.75, 3.05) is 5.73 Å². The number of halogens is 4. The summed E-state index contributed by atoms with van der Waals surface area (Å²) in [6.07, 6.45) is -2.35. The molecule has 0 atom stereocenters. The Labute approximate surface area is 121 Å². The number of aromatic amines is 1. The standard InChI is InChI=1S/C12H7ClF3N5/c13-8-2-6(12(14,15)16)4-18-9(8)5-1-7-10(17)20-21-11(7)19-3-5/h1-4H,(H3,17,19,20,21). The normalized spacial score (nSPS) is 12.0. The van der Waals surface area contributed by atoms with Crippen LogP contribution in [0.5, 0.6) is 0 Å². The monoisotopic (exact) mass is 313 g/mol. The SMILES string of the molecule is Nc1[nH]nc2ncc(-c3ncc(C(F)(F)F)cc3Cl)cc12. The molecule has 108 valence electrons. The van der Waals surface area contributed by atoms with Gasteiger partial charge in [-0.1, -0.05) is 11.6 Å². The Morgan fingerprint density at radius 2 is 1.90 bits per heavy atom. The van der Waals surface area contributed by atoms with Crippen LogP contribution in [0.25, 0.3) is 22.3 Å². The molecule has 5 nitrogen and oxygen atoms in total. The van der Waals surface area contributed by atoms with Crippen LogP contribution in [0, 0.1) is 0 Å². The smallest absolute Gasteiger partial charge is 0.384 e. The van der Waals surface area contributed by atoms with Crippen molar-refractivity contribution in [3.05, 3.63) is 35.1 Å². The van der Waals surface area contributed by atoms with Crippen LogP contribution in [-0.4, -0.2) is 20.2 Å². The molecule has 3 aromatic heterocycles. The zero-order chi connectivity index (χ0) is 15.2. The van der Waals surface area contributed by atoms with Crippen molar-refractivity contribution in [3.63, 3.8) is 0 Å². The molecule has 3 heterocycles. The third-order valence-electron chi connectivity index (χ3n) is 2.88. The van der Waals surface area contributed by atoms with E-state index in [2.05, 4.69) is 20.2 Å². The van der Waals surface area contributed by atoms with Gasteiger partial charge in [-0.3, -0.25) is 10.1 Å². The Morgan fingerprint density at radius 1 is 1.14 bits per heavy atom. The van der Waals surface area contributed by atoms with E-state index in [0.717, 1.165) is 12.3 Å². The lowest BCUT2D eigenvalue weighted by Gasteiger charge is -2.09. The fourth-order valence-electron chi connectivity index (χ4n) is 1.85. The van der Waals surface area contributed by atoms with Gasteiger partial charge >= 0.3 is 6.18 Å². The lowest BCUT2D eigenvalue weighted by atomic mass is 10.1. The molecular weight excluding hydrogens is 307 g/mol. The van der Waals surface area contributed by atoms with Crippen molar-refractivity contribution in [1.82, 2.24) is 20.2 Å². The quantitative estimate of drug-likeness (QED) is 0.722. The van der Waals surface area contributed by atoms with Crippen molar-refractivity contribution in [1.29, 1.82) is 0 Å². The van der Waals surface area contributed by atoms with E-state index in [1.54, 1.807) is 6.07 Å². The van der Waals surface area contributed by atoms with Gasteiger partial charge in [0.05, 0.1) is 21.7 Å². The summed E-state index contributed by atoms with van der Waals surface area (Å²) in [4.78, 5) is 7.82. The molecular formula is C12H7ClF3N5. The molecule has 0 aliphatic heterocycles. The van der Waals surface area contributed by atoms with Gasteiger partial charge in [-0.05, 0) is 12.1 Å². The third-order valence-corrected chi connectivity index (χ3v) is 3.17. The van der Waals surface area contributed by atoms with Crippen molar-refractivity contribution < 1.29 is 13.2 Å². The maximum Gasteiger partial charge on any atom is 0.417 e. The Kier molecular flexibility index (Phi) is 2.98. The van der Waals surface area contributed by atoms with Crippen molar-refractivity contribution in [2.24, 2.45) is 0 Å². The zero-order valence-corrected chi connectivity index (χ0v) is 11.0. The lowest BCUT2D eigenvalue weighted by Crippen LogP contribution is -2.05. The highest BCUT2D eigenvalue weighted by molar-refractivity contribution is 6.33. The molecule has 0 unspecified atom stereocenters. The topological polar surface area (TPSA) is 80.5 Å². The van der Waals surface area contributed by atoms with Gasteiger partial charge in [-0.2, -0.15) is 18.3 Å². The number of H-pyrrole nitrogens is 1. The van der Waals surface area contributed by atoms with E-state index in [0.29, 0.717) is 22.4 Å². The number of nitrogens with one attached hydrogen (secondary N) is 1. The number of nitrogens with two attached hydrogens (primary N) is 1. The highest BCUT2D eigenvalue weighted by atomic mass is 35.5. The van der Waals surface area contributed by atoms with Gasteiger partial charge in [0, 0.05) is 18.0 Å². The van der Waals surface area contributed by atoms with Gasteiger partial charge in [-0.25, -0.2) is 4.98 Å². The number of hydrogen-bond donors (Lipinski definition) is 2. The molecule has 0 bridgehead atoms. The molecule has 0 aromatic carbocycles. The zero-order valence-electron chi connectivity index (χ0n) is 10.2. The maximum atomic E-state index is 12.6. The van der Waals surface area contributed by atoms with E-state index in [4.69, 9.17) is 17.3 Å². The number of pyridine rings is 2. The lowest BCUT2D eigenvalue weighted by molar-refractivity contribution is -0.137. The third kappa shape index (κ3) is 2.38. The number of aromatic nitrogens is 4. The molecule has 21 heavy (non-hydrogen) atoms. The van der Waals surface area contributed by atoms with Gasteiger partial charge in [0.1, 0.15) is 5.82 Å². The molecule has 0 aliphatic carbocycles. The van der Waals surface area contributed by atoms with Crippen LogP contribution in [-0.2, 0) is 6.18 Å². The number of rotatable bonds is 1. The van der Waals surface area contributed by atoms with Crippen LogP contribution in [0.1, 0.15) is 5.56 Å². The van der Waals surface area contributed by atoms with E-state index in [-0.39, 0.29) is 10.7 Å². The minimum atomic E-state index is -4.49. The number of alkyl halides is 3. The Morgan fingerprint density at radius 3 is 2.57 bits per heavy atom. The maximum absolute atomic E-state index is 12.6. The fourth-order valence-corrected chi connectivity index (χ4v) is 2.13. The molecule has 3 aromatic rings. The summed E-state index contributed by atoms with van der Waals surface area (Å²) < 4.78 is 37.7. The molecule has 0 aliphatic rings. The number of nitrogens with zero attached hydrogens (tertiary/aromatic N) is 3. The molecule has 0 radical (unpaired) electrons. The molecule has 0 saturated carbocycles. The molecule has 3 N–H and O–H groups in total. The fraction of sp³-hybridized carbons (Fsp3) is 0.0833. The van der Waals surface area contributed by atoms with Crippen molar-refractivity contribution in [2.45, 2.75) is 6.18 Å². The van der Waals surface area contributed by atoms with Crippen LogP contribution in [0.3, 0.4) is 0 Å². The predicted molar refractivity (Wildman–Crippen MR) is 71.5 cm³/mol. The molecule has 0 saturated heterocycles. The molecule has 9 heteroatoms. The van der Waals surface area contributed by atoms with Crippen LogP contribution >= 0.6 is 11.6 Å². The predicted octanol–water partition coefficient (Wildman–Crippen LogP) is 3.27. The van der Waals surface area contributed by atoms with E-state index >= 15 is 0 Å². The largest absolute Gasteiger partial charge is 0.417 e. The van der Waals surface area contributed by atoms with E-state index < -0.39 is 11.7 Å². The first-order chi connectivity index (χ1) is 9.86. The van der Waals surface area contributed by atoms with Crippen molar-refractivity contribution in [3.8, 4) is 11.3 Å². The average molecular weight is 314 g/mol. The number of nitrogen functional groups attached to an aromatic ring is 1. The Hall–Kier alpha value is -2.35. The second kappa shape index (κ2) is 4.59. The van der Waals surface area contributed by atoms with Gasteiger partial charge in [-0.15, -0.1) is 0 Å². The first kappa shape index (κ1) is 13.6. The Bertz CT molecular complexity index is 827. The van der Waals surface area contributed by atoms with Gasteiger partial charge in [0.2, 0.25) is 0 Å². The summed E-state index contributed by atoms with van der Waals surface area (Å²) >= 11 is 5.89. The van der Waals surface area contributed by atoms with Crippen LogP contribution in [0.2, 0.25) is 5.02 Å². The van der Waals surface area contributed by atoms with Crippen LogP contribution in [0.4, 0.5) is 19.0 Å². The van der Waals surface area contributed by atoms with E-state index in [1.807, 2.05) is 0 Å². The molecule has 3 rings (SSSR count). The second-order valence-electron chi connectivity index (χ2n) is 4.28. The van der Waals surface area contributed by atoms with Gasteiger partial charge < -0.3 is 5.73 Å².